The highest BCUT2D eigenvalue weighted by molar-refractivity contribution is 6.10. The zero-order valence-corrected chi connectivity index (χ0v) is 14.4. The third kappa shape index (κ3) is 4.56. The Morgan fingerprint density at radius 2 is 1.56 bits per heavy atom. The number of nitrogens with one attached hydrogen (secondary N) is 1. The predicted octanol–water partition coefficient (Wildman–Crippen LogP) is 4.44. The lowest BCUT2D eigenvalue weighted by atomic mass is 10.0. The molecule has 0 radical (unpaired) electrons. The van der Waals surface area contributed by atoms with Crippen LogP contribution in [0, 0.1) is 11.3 Å². The van der Waals surface area contributed by atoms with Gasteiger partial charge in [-0.2, -0.15) is 5.26 Å². The maximum Gasteiger partial charge on any atom is 0.248 e. The maximum atomic E-state index is 12.5. The summed E-state index contributed by atoms with van der Waals surface area (Å²) in [4.78, 5) is 24.7. The Morgan fingerprint density at radius 3 is 2.33 bits per heavy atom. The van der Waals surface area contributed by atoms with Gasteiger partial charge in [-0.1, -0.05) is 60.7 Å². The molecule has 0 bridgehead atoms. The van der Waals surface area contributed by atoms with Crippen LogP contribution in [0.25, 0.3) is 6.08 Å². The van der Waals surface area contributed by atoms with Crippen LogP contribution in [0.1, 0.15) is 27.0 Å². The van der Waals surface area contributed by atoms with Crippen LogP contribution in [0.15, 0.2) is 84.9 Å². The van der Waals surface area contributed by atoms with Crippen molar-refractivity contribution in [2.75, 3.05) is 5.32 Å². The summed E-state index contributed by atoms with van der Waals surface area (Å²) in [6.07, 6.45) is 2.95. The number of nitrogens with zero attached hydrogens (tertiary/aromatic N) is 1. The molecule has 0 aromatic heterocycles. The van der Waals surface area contributed by atoms with E-state index in [0.717, 1.165) is 0 Å². The molecule has 130 valence electrons. The number of anilines is 1. The highest BCUT2D eigenvalue weighted by Gasteiger charge is 2.09. The van der Waals surface area contributed by atoms with Crippen LogP contribution < -0.4 is 5.32 Å². The molecule has 0 unspecified atom stereocenters. The van der Waals surface area contributed by atoms with Crippen molar-refractivity contribution < 1.29 is 9.59 Å². The van der Waals surface area contributed by atoms with Crippen molar-refractivity contribution in [1.82, 2.24) is 0 Å². The normalized spacial score (nSPS) is 10.3. The molecule has 4 nitrogen and oxygen atoms in total. The molecule has 0 aliphatic carbocycles. The molecule has 0 atom stereocenters. The average molecular weight is 352 g/mol. The van der Waals surface area contributed by atoms with Crippen molar-refractivity contribution >= 4 is 23.5 Å². The molecule has 1 N–H and O–H groups in total. The van der Waals surface area contributed by atoms with Gasteiger partial charge in [0.15, 0.2) is 5.78 Å². The van der Waals surface area contributed by atoms with E-state index >= 15 is 0 Å². The summed E-state index contributed by atoms with van der Waals surface area (Å²) >= 11 is 0. The molecule has 4 heteroatoms. The first-order valence-electron chi connectivity index (χ1n) is 8.35. The van der Waals surface area contributed by atoms with Crippen LogP contribution in [0.2, 0.25) is 0 Å². The Morgan fingerprint density at radius 1 is 0.852 bits per heavy atom. The van der Waals surface area contributed by atoms with Gasteiger partial charge in [-0.3, -0.25) is 9.59 Å². The minimum absolute atomic E-state index is 0.106. The fourth-order valence-electron chi connectivity index (χ4n) is 2.59. The van der Waals surface area contributed by atoms with Crippen molar-refractivity contribution in [2.24, 2.45) is 0 Å². The lowest BCUT2D eigenvalue weighted by Gasteiger charge is -2.06. The number of hydrogen-bond donors (Lipinski definition) is 1. The highest BCUT2D eigenvalue weighted by atomic mass is 16.1. The van der Waals surface area contributed by atoms with Gasteiger partial charge < -0.3 is 5.32 Å². The number of carbonyl (C=O) groups excluding carboxylic acids is 2. The van der Waals surface area contributed by atoms with E-state index in [2.05, 4.69) is 11.4 Å². The summed E-state index contributed by atoms with van der Waals surface area (Å²) in [5.74, 6) is -0.447. The third-order valence-electron chi connectivity index (χ3n) is 3.92. The summed E-state index contributed by atoms with van der Waals surface area (Å²) < 4.78 is 0. The standard InChI is InChI=1S/C23H16N2O2/c24-16-20-10-5-4-7-17(20)13-14-22(26)25-21-12-6-11-19(15-21)23(27)18-8-2-1-3-9-18/h1-15H,(H,25,26)/b14-13+. The lowest BCUT2D eigenvalue weighted by molar-refractivity contribution is -0.111. The van der Waals surface area contributed by atoms with Gasteiger partial charge in [0.2, 0.25) is 5.91 Å². The van der Waals surface area contributed by atoms with E-state index in [9.17, 15) is 9.59 Å². The first-order chi connectivity index (χ1) is 13.2. The number of rotatable bonds is 5. The number of carbonyl (C=O) groups is 2. The average Bonchev–Trinajstić information content (AvgIpc) is 2.72. The molecule has 0 fully saturated rings. The van der Waals surface area contributed by atoms with Gasteiger partial charge in [0, 0.05) is 22.9 Å². The molecule has 3 aromatic rings. The molecule has 3 rings (SSSR count). The van der Waals surface area contributed by atoms with E-state index in [1.165, 1.54) is 6.08 Å². The van der Waals surface area contributed by atoms with Crippen LogP contribution in [-0.2, 0) is 4.79 Å². The Kier molecular flexibility index (Phi) is 5.56. The van der Waals surface area contributed by atoms with Gasteiger partial charge >= 0.3 is 0 Å². The van der Waals surface area contributed by atoms with E-state index in [1.54, 1.807) is 66.7 Å². The fourth-order valence-corrected chi connectivity index (χ4v) is 2.59. The third-order valence-corrected chi connectivity index (χ3v) is 3.92. The molecular formula is C23H16N2O2. The minimum Gasteiger partial charge on any atom is -0.322 e. The van der Waals surface area contributed by atoms with Crippen LogP contribution in [0.3, 0.4) is 0 Å². The fraction of sp³-hybridized carbons (Fsp3) is 0. The summed E-state index contributed by atoms with van der Waals surface area (Å²) in [5.41, 5.74) is 2.78. The van der Waals surface area contributed by atoms with E-state index in [4.69, 9.17) is 5.26 Å². The second kappa shape index (κ2) is 8.41. The number of amides is 1. The Hall–Kier alpha value is -3.97. The van der Waals surface area contributed by atoms with Crippen LogP contribution >= 0.6 is 0 Å². The Labute approximate surface area is 157 Å². The van der Waals surface area contributed by atoms with Crippen LogP contribution in [0.4, 0.5) is 5.69 Å². The number of benzene rings is 3. The first-order valence-corrected chi connectivity index (χ1v) is 8.35. The van der Waals surface area contributed by atoms with Gasteiger partial charge in [0.1, 0.15) is 0 Å². The zero-order valence-electron chi connectivity index (χ0n) is 14.4. The van der Waals surface area contributed by atoms with Crippen molar-refractivity contribution in [1.29, 1.82) is 5.26 Å². The highest BCUT2D eigenvalue weighted by Crippen LogP contribution is 2.15. The molecule has 27 heavy (non-hydrogen) atoms. The van der Waals surface area contributed by atoms with Gasteiger partial charge in [0.25, 0.3) is 0 Å². The largest absolute Gasteiger partial charge is 0.322 e. The van der Waals surface area contributed by atoms with E-state index in [0.29, 0.717) is 27.9 Å². The molecule has 0 saturated carbocycles. The summed E-state index contributed by atoms with van der Waals surface area (Å²) in [5, 5.41) is 11.8. The van der Waals surface area contributed by atoms with Crippen molar-refractivity contribution in [3.05, 3.63) is 107 Å². The summed E-state index contributed by atoms with van der Waals surface area (Å²) in [6, 6.07) is 24.9. The van der Waals surface area contributed by atoms with E-state index < -0.39 is 0 Å². The quantitative estimate of drug-likeness (QED) is 0.545. The molecule has 3 aromatic carbocycles. The Balaban J connectivity index is 1.73. The van der Waals surface area contributed by atoms with Crippen molar-refractivity contribution in [2.45, 2.75) is 0 Å². The summed E-state index contributed by atoms with van der Waals surface area (Å²) in [7, 11) is 0. The molecule has 0 heterocycles. The molecule has 0 saturated heterocycles. The van der Waals surface area contributed by atoms with Gasteiger partial charge in [-0.05, 0) is 29.8 Å². The molecule has 1 amide bonds. The van der Waals surface area contributed by atoms with E-state index in [1.807, 2.05) is 18.2 Å². The van der Waals surface area contributed by atoms with Gasteiger partial charge in [0.05, 0.1) is 11.6 Å². The number of nitriles is 1. The van der Waals surface area contributed by atoms with Crippen LogP contribution in [0.5, 0.6) is 0 Å². The van der Waals surface area contributed by atoms with Crippen molar-refractivity contribution in [3.63, 3.8) is 0 Å². The molecule has 0 aliphatic heterocycles. The SMILES string of the molecule is N#Cc1ccccc1/C=C/C(=O)Nc1cccc(C(=O)c2ccccc2)c1. The Bertz CT molecular complexity index is 1050. The second-order valence-corrected chi connectivity index (χ2v) is 5.80. The minimum atomic E-state index is -0.341. The monoisotopic (exact) mass is 352 g/mol. The number of ketones is 1. The van der Waals surface area contributed by atoms with Gasteiger partial charge in [-0.25, -0.2) is 0 Å². The summed E-state index contributed by atoms with van der Waals surface area (Å²) in [6.45, 7) is 0. The maximum absolute atomic E-state index is 12.5. The zero-order chi connectivity index (χ0) is 19.1. The van der Waals surface area contributed by atoms with Crippen LogP contribution in [-0.4, -0.2) is 11.7 Å². The van der Waals surface area contributed by atoms with Gasteiger partial charge in [-0.15, -0.1) is 0 Å². The first kappa shape index (κ1) is 17.8. The van der Waals surface area contributed by atoms with Crippen molar-refractivity contribution in [3.8, 4) is 6.07 Å². The molecule has 0 spiro atoms. The predicted molar refractivity (Wildman–Crippen MR) is 105 cm³/mol. The second-order valence-electron chi connectivity index (χ2n) is 5.80. The van der Waals surface area contributed by atoms with E-state index in [-0.39, 0.29) is 11.7 Å². The number of hydrogen-bond acceptors (Lipinski definition) is 3. The smallest absolute Gasteiger partial charge is 0.248 e. The molecular weight excluding hydrogens is 336 g/mol. The topological polar surface area (TPSA) is 70.0 Å². The molecule has 0 aliphatic rings. The lowest BCUT2D eigenvalue weighted by Crippen LogP contribution is -2.09.